The van der Waals surface area contributed by atoms with E-state index in [2.05, 4.69) is 26.0 Å². The highest BCUT2D eigenvalue weighted by atomic mass is 16.5. The van der Waals surface area contributed by atoms with E-state index in [1.807, 2.05) is 0 Å². The predicted octanol–water partition coefficient (Wildman–Crippen LogP) is 5.01. The largest absolute Gasteiger partial charge is 0.462 e. The molecule has 0 aromatic heterocycles. The minimum absolute atomic E-state index is 0.0602. The average molecular weight is 357 g/mol. The molecule has 6 atom stereocenters. The van der Waals surface area contributed by atoms with Gasteiger partial charge in [0.05, 0.1) is 0 Å². The van der Waals surface area contributed by atoms with Crippen LogP contribution in [0.15, 0.2) is 23.3 Å². The topological polar surface area (TPSA) is 43.4 Å². The zero-order valence-electron chi connectivity index (χ0n) is 16.6. The molecule has 0 aliphatic heterocycles. The molecule has 0 N–H and O–H groups in total. The second-order valence-corrected chi connectivity index (χ2v) is 9.58. The highest BCUT2D eigenvalue weighted by molar-refractivity contribution is 5.80. The van der Waals surface area contributed by atoms with Gasteiger partial charge in [0.15, 0.2) is 0 Å². The van der Waals surface area contributed by atoms with E-state index in [-0.39, 0.29) is 28.8 Å². The van der Waals surface area contributed by atoms with Crippen LogP contribution >= 0.6 is 0 Å². The smallest absolute Gasteiger partial charge is 0.302 e. The lowest BCUT2D eigenvalue weighted by Crippen LogP contribution is -2.48. The van der Waals surface area contributed by atoms with E-state index >= 15 is 0 Å². The average Bonchev–Trinajstić information content (AvgIpc) is 2.92. The predicted molar refractivity (Wildman–Crippen MR) is 101 cm³/mol. The Morgan fingerprint density at radius 2 is 1.77 bits per heavy atom. The Labute approximate surface area is 157 Å². The molecule has 0 bridgehead atoms. The number of carbonyl (C=O) groups is 2. The summed E-state index contributed by atoms with van der Waals surface area (Å²) >= 11 is 0. The van der Waals surface area contributed by atoms with Crippen molar-refractivity contribution in [3.63, 3.8) is 0 Å². The van der Waals surface area contributed by atoms with Crippen molar-refractivity contribution in [1.29, 1.82) is 0 Å². The molecular weight excluding hydrogens is 324 g/mol. The fraction of sp³-hybridized carbons (Fsp3) is 0.739. The van der Waals surface area contributed by atoms with Gasteiger partial charge in [-0.05, 0) is 68.1 Å². The van der Waals surface area contributed by atoms with Crippen molar-refractivity contribution in [2.24, 2.45) is 28.6 Å². The lowest BCUT2D eigenvalue weighted by molar-refractivity contribution is -0.148. The Hall–Kier alpha value is -1.38. The second-order valence-electron chi connectivity index (χ2n) is 9.58. The van der Waals surface area contributed by atoms with Gasteiger partial charge < -0.3 is 4.74 Å². The number of ether oxygens (including phenoxy) is 1. The third-order valence-electron chi connectivity index (χ3n) is 8.29. The molecule has 2 fully saturated rings. The van der Waals surface area contributed by atoms with Crippen molar-refractivity contribution in [2.75, 3.05) is 0 Å². The Kier molecular flexibility index (Phi) is 4.20. The van der Waals surface area contributed by atoms with E-state index < -0.39 is 0 Å². The Morgan fingerprint density at radius 3 is 2.46 bits per heavy atom. The zero-order valence-corrected chi connectivity index (χ0v) is 16.6. The molecule has 4 rings (SSSR count). The minimum atomic E-state index is -0.160. The first-order chi connectivity index (χ1) is 12.3. The number of esters is 1. The van der Waals surface area contributed by atoms with Crippen molar-refractivity contribution in [1.82, 2.24) is 0 Å². The van der Waals surface area contributed by atoms with Gasteiger partial charge in [0.25, 0.3) is 0 Å². The molecule has 2 saturated carbocycles. The normalized spacial score (nSPS) is 44.2. The maximum Gasteiger partial charge on any atom is 0.302 e. The number of fused-ring (bicyclic) bond motifs is 5. The standard InChI is InChI=1S/C23H32O3/c1-14(24)19-7-8-20-18-6-5-16-13-17(26-15(2)25)9-11-22(16,3)21(18)10-12-23(19,20)4/h5,8,17-19,21H,6-7,9-13H2,1-4H3/t17?,18-,19+,21-,22-,23+/m0/s1. The Bertz CT molecular complexity index is 702. The number of Topliss-reactive ketones (excluding diaryl/α,β-unsaturated/α-hetero) is 1. The monoisotopic (exact) mass is 356 g/mol. The van der Waals surface area contributed by atoms with E-state index in [0.717, 1.165) is 38.5 Å². The third-order valence-corrected chi connectivity index (χ3v) is 8.29. The summed E-state index contributed by atoms with van der Waals surface area (Å²) in [5.74, 6) is 1.66. The van der Waals surface area contributed by atoms with Gasteiger partial charge in [-0.3, -0.25) is 9.59 Å². The molecule has 0 aromatic carbocycles. The van der Waals surface area contributed by atoms with Gasteiger partial charge in [0.1, 0.15) is 11.9 Å². The van der Waals surface area contributed by atoms with E-state index in [9.17, 15) is 9.59 Å². The first kappa shape index (κ1) is 18.0. The number of hydrogen-bond acceptors (Lipinski definition) is 3. The van der Waals surface area contributed by atoms with Gasteiger partial charge >= 0.3 is 5.97 Å². The van der Waals surface area contributed by atoms with Gasteiger partial charge in [0, 0.05) is 19.3 Å². The van der Waals surface area contributed by atoms with Gasteiger partial charge in [0.2, 0.25) is 0 Å². The minimum Gasteiger partial charge on any atom is -0.462 e. The lowest BCUT2D eigenvalue weighted by atomic mass is 9.48. The number of rotatable bonds is 2. The summed E-state index contributed by atoms with van der Waals surface area (Å²) in [5.41, 5.74) is 3.41. The highest BCUT2D eigenvalue weighted by Crippen LogP contribution is 2.64. The zero-order chi connectivity index (χ0) is 18.7. The lowest BCUT2D eigenvalue weighted by Gasteiger charge is -2.56. The molecule has 0 spiro atoms. The molecule has 3 heteroatoms. The van der Waals surface area contributed by atoms with Crippen molar-refractivity contribution in [3.8, 4) is 0 Å². The summed E-state index contributed by atoms with van der Waals surface area (Å²) < 4.78 is 5.52. The molecule has 26 heavy (non-hydrogen) atoms. The summed E-state index contributed by atoms with van der Waals surface area (Å²) in [7, 11) is 0. The molecule has 4 aliphatic carbocycles. The van der Waals surface area contributed by atoms with Crippen molar-refractivity contribution >= 4 is 11.8 Å². The molecule has 0 radical (unpaired) electrons. The number of hydrogen-bond donors (Lipinski definition) is 0. The maximum atomic E-state index is 12.2. The van der Waals surface area contributed by atoms with Crippen molar-refractivity contribution in [3.05, 3.63) is 23.3 Å². The van der Waals surface area contributed by atoms with Crippen LogP contribution in [0.25, 0.3) is 0 Å². The second kappa shape index (κ2) is 6.07. The summed E-state index contributed by atoms with van der Waals surface area (Å²) in [6.45, 7) is 8.07. The third kappa shape index (κ3) is 2.53. The number of allylic oxidation sites excluding steroid dienone is 3. The van der Waals surface area contributed by atoms with Crippen LogP contribution in [0.2, 0.25) is 0 Å². The Balaban J connectivity index is 1.61. The molecule has 0 amide bonds. The van der Waals surface area contributed by atoms with Crippen LogP contribution in [0, 0.1) is 28.6 Å². The van der Waals surface area contributed by atoms with Crippen LogP contribution in [-0.2, 0) is 14.3 Å². The molecule has 0 saturated heterocycles. The van der Waals surface area contributed by atoms with Crippen LogP contribution in [0.1, 0.15) is 72.6 Å². The summed E-state index contributed by atoms with van der Waals surface area (Å²) in [6.07, 6.45) is 12.3. The fourth-order valence-corrected chi connectivity index (χ4v) is 6.92. The molecule has 0 aromatic rings. The number of ketones is 1. The van der Waals surface area contributed by atoms with Crippen LogP contribution in [0.3, 0.4) is 0 Å². The van der Waals surface area contributed by atoms with Gasteiger partial charge in [-0.2, -0.15) is 0 Å². The van der Waals surface area contributed by atoms with Crippen molar-refractivity contribution < 1.29 is 14.3 Å². The molecule has 3 nitrogen and oxygen atoms in total. The van der Waals surface area contributed by atoms with E-state index in [1.165, 1.54) is 18.9 Å². The van der Waals surface area contributed by atoms with Crippen LogP contribution in [0.4, 0.5) is 0 Å². The maximum absolute atomic E-state index is 12.2. The van der Waals surface area contributed by atoms with Crippen LogP contribution in [-0.4, -0.2) is 17.9 Å². The summed E-state index contributed by atoms with van der Waals surface area (Å²) in [6, 6.07) is 0. The first-order valence-electron chi connectivity index (χ1n) is 10.3. The van der Waals surface area contributed by atoms with E-state index in [1.54, 1.807) is 12.5 Å². The Morgan fingerprint density at radius 1 is 1.04 bits per heavy atom. The molecule has 1 unspecified atom stereocenters. The highest BCUT2D eigenvalue weighted by Gasteiger charge is 2.56. The number of carbonyl (C=O) groups excluding carboxylic acids is 2. The van der Waals surface area contributed by atoms with Gasteiger partial charge in [-0.1, -0.05) is 37.1 Å². The van der Waals surface area contributed by atoms with Crippen LogP contribution in [0.5, 0.6) is 0 Å². The molecule has 4 aliphatic rings. The van der Waals surface area contributed by atoms with E-state index in [0.29, 0.717) is 17.6 Å². The molecule has 0 heterocycles. The fourth-order valence-electron chi connectivity index (χ4n) is 6.92. The van der Waals surface area contributed by atoms with Crippen molar-refractivity contribution in [2.45, 2.75) is 78.7 Å². The van der Waals surface area contributed by atoms with E-state index in [4.69, 9.17) is 4.74 Å². The quantitative estimate of drug-likeness (QED) is 0.516. The summed E-state index contributed by atoms with van der Waals surface area (Å²) in [5, 5.41) is 0. The molecule has 142 valence electrons. The summed E-state index contributed by atoms with van der Waals surface area (Å²) in [4.78, 5) is 23.5. The van der Waals surface area contributed by atoms with Gasteiger partial charge in [-0.25, -0.2) is 0 Å². The first-order valence-corrected chi connectivity index (χ1v) is 10.3. The van der Waals surface area contributed by atoms with Crippen LogP contribution < -0.4 is 0 Å². The SMILES string of the molecule is CC(=O)OC1CC[C@@]2(C)C(=CC[C@H]3C4=CC[C@H](C(C)=O)[C@@]4(C)CC[C@@H]32)C1. The van der Waals surface area contributed by atoms with Gasteiger partial charge in [-0.15, -0.1) is 0 Å². The molecular formula is C23H32O3.